The minimum absolute atomic E-state index is 0.00171. The summed E-state index contributed by atoms with van der Waals surface area (Å²) in [7, 11) is 1.94. The van der Waals surface area contributed by atoms with Crippen LogP contribution in [-0.2, 0) is 16.6 Å². The minimum atomic E-state index is -0.203. The summed E-state index contributed by atoms with van der Waals surface area (Å²) in [4.78, 5) is 22.6. The number of hydrogen-bond acceptors (Lipinski definition) is 5. The molecule has 3 rings (SSSR count). The average molecular weight is 329 g/mol. The molecule has 3 heterocycles. The number of nitrogens with zero attached hydrogens (tertiary/aromatic N) is 4. The number of morpholine rings is 1. The van der Waals surface area contributed by atoms with Crippen LogP contribution in [0.15, 0.2) is 30.9 Å². The highest BCUT2D eigenvalue weighted by Gasteiger charge is 2.39. The number of anilines is 1. The van der Waals surface area contributed by atoms with Gasteiger partial charge in [-0.05, 0) is 25.5 Å². The third-order valence-corrected chi connectivity index (χ3v) is 4.41. The number of aromatic nitrogens is 3. The van der Waals surface area contributed by atoms with Crippen molar-refractivity contribution < 1.29 is 9.53 Å². The molecule has 0 saturated carbocycles. The van der Waals surface area contributed by atoms with Crippen LogP contribution in [0.2, 0.25) is 0 Å². The first-order valence-corrected chi connectivity index (χ1v) is 8.14. The second-order valence-electron chi connectivity index (χ2n) is 5.94. The summed E-state index contributed by atoms with van der Waals surface area (Å²) in [6, 6.07) is 1.74. The molecule has 2 atom stereocenters. The van der Waals surface area contributed by atoms with Gasteiger partial charge in [0.1, 0.15) is 24.6 Å². The van der Waals surface area contributed by atoms with Crippen LogP contribution >= 0.6 is 0 Å². The van der Waals surface area contributed by atoms with E-state index in [1.807, 2.05) is 48.8 Å². The Balaban J connectivity index is 1.83. The summed E-state index contributed by atoms with van der Waals surface area (Å²) in [5.41, 5.74) is 2.09. The SMILES string of the molecule is CCN1C(=O)CO[C@@H](CNc2ccncc2C)[C@@H]1c1nccn1C. The van der Waals surface area contributed by atoms with E-state index in [1.54, 1.807) is 12.4 Å². The van der Waals surface area contributed by atoms with Crippen molar-refractivity contribution in [1.82, 2.24) is 19.4 Å². The lowest BCUT2D eigenvalue weighted by atomic mass is 10.1. The summed E-state index contributed by atoms with van der Waals surface area (Å²) in [5.74, 6) is 0.838. The molecule has 0 spiro atoms. The van der Waals surface area contributed by atoms with Gasteiger partial charge in [0.25, 0.3) is 0 Å². The van der Waals surface area contributed by atoms with Crippen molar-refractivity contribution >= 4 is 11.6 Å². The molecule has 0 unspecified atom stereocenters. The van der Waals surface area contributed by atoms with E-state index in [9.17, 15) is 4.79 Å². The van der Waals surface area contributed by atoms with Crippen molar-refractivity contribution in [3.63, 3.8) is 0 Å². The van der Waals surface area contributed by atoms with Crippen LogP contribution in [0, 0.1) is 6.92 Å². The van der Waals surface area contributed by atoms with Gasteiger partial charge in [0, 0.05) is 50.6 Å². The van der Waals surface area contributed by atoms with E-state index in [4.69, 9.17) is 4.74 Å². The number of rotatable bonds is 5. The van der Waals surface area contributed by atoms with Crippen LogP contribution in [0.5, 0.6) is 0 Å². The predicted molar refractivity (Wildman–Crippen MR) is 90.5 cm³/mol. The predicted octanol–water partition coefficient (Wildman–Crippen LogP) is 1.52. The molecule has 0 aromatic carbocycles. The molecule has 0 aliphatic carbocycles. The van der Waals surface area contributed by atoms with Gasteiger partial charge in [-0.15, -0.1) is 0 Å². The molecular formula is C17H23N5O2. The fourth-order valence-corrected chi connectivity index (χ4v) is 3.10. The van der Waals surface area contributed by atoms with Crippen molar-refractivity contribution in [3.05, 3.63) is 42.2 Å². The molecule has 0 radical (unpaired) electrons. The quantitative estimate of drug-likeness (QED) is 0.900. The molecule has 1 N–H and O–H groups in total. The van der Waals surface area contributed by atoms with Gasteiger partial charge in [-0.1, -0.05) is 0 Å². The maximum atomic E-state index is 12.3. The Hall–Kier alpha value is -2.41. The Morgan fingerprint density at radius 2 is 2.25 bits per heavy atom. The number of hydrogen-bond donors (Lipinski definition) is 1. The van der Waals surface area contributed by atoms with E-state index in [-0.39, 0.29) is 24.7 Å². The first-order chi connectivity index (χ1) is 11.6. The Morgan fingerprint density at radius 3 is 2.92 bits per heavy atom. The number of likely N-dealkylation sites (N-methyl/N-ethyl adjacent to an activating group) is 1. The molecule has 1 amide bonds. The third kappa shape index (κ3) is 3.12. The smallest absolute Gasteiger partial charge is 0.249 e. The van der Waals surface area contributed by atoms with Crippen molar-refractivity contribution in [2.45, 2.75) is 26.0 Å². The van der Waals surface area contributed by atoms with E-state index in [0.29, 0.717) is 13.1 Å². The fraction of sp³-hybridized carbons (Fsp3) is 0.471. The first kappa shape index (κ1) is 16.4. The summed E-state index contributed by atoms with van der Waals surface area (Å²) >= 11 is 0. The topological polar surface area (TPSA) is 72.3 Å². The minimum Gasteiger partial charge on any atom is -0.382 e. The summed E-state index contributed by atoms with van der Waals surface area (Å²) < 4.78 is 7.80. The number of nitrogens with one attached hydrogen (secondary N) is 1. The molecule has 2 aromatic heterocycles. The Bertz CT molecular complexity index is 715. The Morgan fingerprint density at radius 1 is 1.42 bits per heavy atom. The zero-order valence-corrected chi connectivity index (χ0v) is 14.3. The number of amides is 1. The molecule has 7 nitrogen and oxygen atoms in total. The second kappa shape index (κ2) is 7.00. The summed E-state index contributed by atoms with van der Waals surface area (Å²) in [6.45, 7) is 5.32. The number of aryl methyl sites for hydroxylation is 2. The van der Waals surface area contributed by atoms with E-state index < -0.39 is 0 Å². The van der Waals surface area contributed by atoms with Crippen molar-refractivity contribution in [2.75, 3.05) is 25.0 Å². The number of pyridine rings is 1. The molecule has 2 aromatic rings. The van der Waals surface area contributed by atoms with Crippen LogP contribution in [0.25, 0.3) is 0 Å². The highest BCUT2D eigenvalue weighted by Crippen LogP contribution is 2.29. The fourth-order valence-electron chi connectivity index (χ4n) is 3.10. The van der Waals surface area contributed by atoms with E-state index in [2.05, 4.69) is 15.3 Å². The zero-order chi connectivity index (χ0) is 17.1. The van der Waals surface area contributed by atoms with Crippen LogP contribution < -0.4 is 5.32 Å². The lowest BCUT2D eigenvalue weighted by molar-refractivity contribution is -0.156. The molecule has 24 heavy (non-hydrogen) atoms. The number of carbonyl (C=O) groups is 1. The maximum Gasteiger partial charge on any atom is 0.249 e. The molecular weight excluding hydrogens is 306 g/mol. The van der Waals surface area contributed by atoms with Crippen LogP contribution in [0.4, 0.5) is 5.69 Å². The number of imidazole rings is 1. The van der Waals surface area contributed by atoms with Gasteiger partial charge in [0.15, 0.2) is 0 Å². The lowest BCUT2D eigenvalue weighted by Gasteiger charge is -2.40. The van der Waals surface area contributed by atoms with Gasteiger partial charge in [-0.2, -0.15) is 0 Å². The largest absolute Gasteiger partial charge is 0.382 e. The Kier molecular flexibility index (Phi) is 4.80. The third-order valence-electron chi connectivity index (χ3n) is 4.41. The van der Waals surface area contributed by atoms with Gasteiger partial charge in [0.2, 0.25) is 5.91 Å². The molecule has 1 fully saturated rings. The number of carbonyl (C=O) groups excluding carboxylic acids is 1. The normalized spacial score (nSPS) is 21.1. The number of ether oxygens (including phenoxy) is 1. The van der Waals surface area contributed by atoms with Crippen molar-refractivity contribution in [3.8, 4) is 0 Å². The van der Waals surface area contributed by atoms with Gasteiger partial charge in [0.05, 0.1) is 0 Å². The molecule has 128 valence electrons. The lowest BCUT2D eigenvalue weighted by Crippen LogP contribution is -2.51. The maximum absolute atomic E-state index is 12.3. The van der Waals surface area contributed by atoms with E-state index >= 15 is 0 Å². The molecule has 0 bridgehead atoms. The molecule has 1 saturated heterocycles. The first-order valence-electron chi connectivity index (χ1n) is 8.14. The van der Waals surface area contributed by atoms with Crippen LogP contribution in [0.1, 0.15) is 24.4 Å². The molecule has 7 heteroatoms. The molecule has 1 aliphatic heterocycles. The van der Waals surface area contributed by atoms with E-state index in [0.717, 1.165) is 17.1 Å². The summed E-state index contributed by atoms with van der Waals surface area (Å²) in [6.07, 6.45) is 7.05. The van der Waals surface area contributed by atoms with E-state index in [1.165, 1.54) is 0 Å². The van der Waals surface area contributed by atoms with Gasteiger partial charge >= 0.3 is 0 Å². The van der Waals surface area contributed by atoms with Crippen LogP contribution in [0.3, 0.4) is 0 Å². The zero-order valence-electron chi connectivity index (χ0n) is 14.3. The highest BCUT2D eigenvalue weighted by molar-refractivity contribution is 5.78. The highest BCUT2D eigenvalue weighted by atomic mass is 16.5. The summed E-state index contributed by atoms with van der Waals surface area (Å²) in [5, 5.41) is 3.41. The monoisotopic (exact) mass is 329 g/mol. The van der Waals surface area contributed by atoms with Gasteiger partial charge in [-0.3, -0.25) is 9.78 Å². The average Bonchev–Trinajstić information content (AvgIpc) is 3.00. The molecule has 1 aliphatic rings. The standard InChI is InChI=1S/C17H23N5O2/c1-4-22-15(23)11-24-14(16(22)17-19-7-8-21(17)3)10-20-13-5-6-18-9-12(13)2/h5-9,14,16H,4,10-11H2,1-3H3,(H,18,20)/t14-,16+/m0/s1. The van der Waals surface area contributed by atoms with Crippen LogP contribution in [-0.4, -0.2) is 51.1 Å². The Labute approximate surface area is 141 Å². The van der Waals surface area contributed by atoms with Crippen molar-refractivity contribution in [1.29, 1.82) is 0 Å². The van der Waals surface area contributed by atoms with Gasteiger partial charge in [-0.25, -0.2) is 4.98 Å². The second-order valence-corrected chi connectivity index (χ2v) is 5.94. The van der Waals surface area contributed by atoms with Gasteiger partial charge < -0.3 is 19.5 Å². The van der Waals surface area contributed by atoms with Crippen molar-refractivity contribution in [2.24, 2.45) is 7.05 Å².